The molecule has 1 heterocycles. The van der Waals surface area contributed by atoms with Crippen molar-refractivity contribution in [1.29, 1.82) is 0 Å². The van der Waals surface area contributed by atoms with Crippen LogP contribution in [0.3, 0.4) is 0 Å². The summed E-state index contributed by atoms with van der Waals surface area (Å²) in [6.07, 6.45) is 1.64. The van der Waals surface area contributed by atoms with Gasteiger partial charge in [-0.1, -0.05) is 12.1 Å². The number of methoxy groups -OCH3 is 1. The average molecular weight is 457 g/mol. The third-order valence-corrected chi connectivity index (χ3v) is 5.62. The van der Waals surface area contributed by atoms with Gasteiger partial charge in [0.2, 0.25) is 0 Å². The van der Waals surface area contributed by atoms with E-state index in [0.29, 0.717) is 12.2 Å². The summed E-state index contributed by atoms with van der Waals surface area (Å²) in [4.78, 5) is 11.3. The van der Waals surface area contributed by atoms with Crippen molar-refractivity contribution >= 4 is 33.8 Å². The maximum atomic E-state index is 11.3. The molecule has 8 heteroatoms. The van der Waals surface area contributed by atoms with Gasteiger partial charge in [0.1, 0.15) is 5.75 Å². The van der Waals surface area contributed by atoms with Gasteiger partial charge >= 0.3 is 5.97 Å². The van der Waals surface area contributed by atoms with E-state index in [1.165, 1.54) is 6.07 Å². The third kappa shape index (κ3) is 4.65. The molecule has 0 amide bonds. The fourth-order valence-electron chi connectivity index (χ4n) is 2.94. The number of aromatic nitrogens is 2. The smallest absolute Gasteiger partial charge is 0.337 e. The molecule has 0 radical (unpaired) electrons. The molecule has 0 aliphatic heterocycles. The normalized spacial score (nSPS) is 11.0. The lowest BCUT2D eigenvalue weighted by atomic mass is 10.1. The summed E-state index contributed by atoms with van der Waals surface area (Å²) in [5.74, 6) is -0.249. The Morgan fingerprint density at radius 1 is 1.31 bits per heavy atom. The Bertz CT molecular complexity index is 1080. The largest absolute Gasteiger partial charge is 0.496 e. The van der Waals surface area contributed by atoms with Gasteiger partial charge in [0.25, 0.3) is 0 Å². The second-order valence-corrected chi connectivity index (χ2v) is 7.23. The quantitative estimate of drug-likeness (QED) is 0.404. The van der Waals surface area contributed by atoms with Gasteiger partial charge in [-0.2, -0.15) is 10.2 Å². The molecule has 0 atom stereocenters. The number of carboxylic acid groups (broad SMARTS) is 1. The zero-order valence-corrected chi connectivity index (χ0v) is 17.9. The van der Waals surface area contributed by atoms with E-state index < -0.39 is 5.97 Å². The molecule has 2 aromatic carbocycles. The van der Waals surface area contributed by atoms with Crippen LogP contribution in [-0.2, 0) is 6.54 Å². The van der Waals surface area contributed by atoms with Gasteiger partial charge < -0.3 is 9.84 Å². The highest BCUT2D eigenvalue weighted by atomic mass is 79.9. The number of carboxylic acids is 1. The van der Waals surface area contributed by atoms with Gasteiger partial charge in [-0.3, -0.25) is 10.1 Å². The van der Waals surface area contributed by atoms with Crippen molar-refractivity contribution in [3.63, 3.8) is 0 Å². The van der Waals surface area contributed by atoms with E-state index in [0.717, 1.165) is 32.7 Å². The number of nitrogens with one attached hydrogen (secondary N) is 1. The van der Waals surface area contributed by atoms with Gasteiger partial charge in [-0.15, -0.1) is 0 Å². The Balaban J connectivity index is 1.82. The summed E-state index contributed by atoms with van der Waals surface area (Å²) < 4.78 is 8.40. The van der Waals surface area contributed by atoms with Gasteiger partial charge in [0.15, 0.2) is 0 Å². The van der Waals surface area contributed by atoms with Crippen LogP contribution in [0, 0.1) is 13.8 Å². The van der Waals surface area contributed by atoms with E-state index in [4.69, 9.17) is 4.74 Å². The van der Waals surface area contributed by atoms with Crippen molar-refractivity contribution in [3.8, 4) is 5.75 Å². The lowest BCUT2D eigenvalue weighted by molar-refractivity contribution is 0.0698. The molecule has 0 bridgehead atoms. The fraction of sp³-hybridized carbons (Fsp3) is 0.190. The molecule has 1 aromatic heterocycles. The molecule has 0 aliphatic rings. The summed E-state index contributed by atoms with van der Waals surface area (Å²) in [7, 11) is 1.63. The molecule has 7 nitrogen and oxygen atoms in total. The highest BCUT2D eigenvalue weighted by Crippen LogP contribution is 2.24. The number of para-hydroxylation sites is 1. The molecule has 0 aliphatic carbocycles. The number of aromatic carboxylic acids is 1. The average Bonchev–Trinajstić information content (AvgIpc) is 2.95. The van der Waals surface area contributed by atoms with Crippen molar-refractivity contribution < 1.29 is 14.6 Å². The predicted molar refractivity (Wildman–Crippen MR) is 116 cm³/mol. The molecule has 0 saturated carbocycles. The van der Waals surface area contributed by atoms with Crippen molar-refractivity contribution in [2.24, 2.45) is 5.10 Å². The van der Waals surface area contributed by atoms with Crippen molar-refractivity contribution in [1.82, 2.24) is 9.78 Å². The maximum absolute atomic E-state index is 11.3. The van der Waals surface area contributed by atoms with Crippen LogP contribution < -0.4 is 10.2 Å². The van der Waals surface area contributed by atoms with Gasteiger partial charge in [0.05, 0.1) is 47.0 Å². The number of nitrogens with zero attached hydrogens (tertiary/aromatic N) is 3. The number of carbonyl (C=O) groups is 1. The van der Waals surface area contributed by atoms with E-state index >= 15 is 0 Å². The second kappa shape index (κ2) is 8.91. The zero-order chi connectivity index (χ0) is 21.0. The standard InChI is InChI=1S/C21H21BrN4O3/c1-13-20(22)14(2)26(25-13)12-16-10-15(8-9-19(16)29-3)11-23-24-18-7-5-4-6-17(18)21(27)28/h4-11,24H,12H2,1-3H3,(H,27,28)/b23-11-. The first-order valence-electron chi connectivity index (χ1n) is 8.88. The Morgan fingerprint density at radius 3 is 2.72 bits per heavy atom. The summed E-state index contributed by atoms with van der Waals surface area (Å²) in [6, 6.07) is 12.3. The molecular weight excluding hydrogens is 436 g/mol. The molecule has 0 unspecified atom stereocenters. The molecule has 2 N–H and O–H groups in total. The van der Waals surface area contributed by atoms with Crippen LogP contribution in [0.2, 0.25) is 0 Å². The van der Waals surface area contributed by atoms with Crippen LogP contribution in [0.25, 0.3) is 0 Å². The minimum absolute atomic E-state index is 0.162. The van der Waals surface area contributed by atoms with Gasteiger partial charge in [-0.25, -0.2) is 4.79 Å². The number of hydrogen-bond donors (Lipinski definition) is 2. The van der Waals surface area contributed by atoms with Crippen molar-refractivity contribution in [2.45, 2.75) is 20.4 Å². The van der Waals surface area contributed by atoms with Crippen LogP contribution in [0.15, 0.2) is 52.0 Å². The highest BCUT2D eigenvalue weighted by molar-refractivity contribution is 9.10. The van der Waals surface area contributed by atoms with Gasteiger partial charge in [0, 0.05) is 5.56 Å². The minimum Gasteiger partial charge on any atom is -0.496 e. The van der Waals surface area contributed by atoms with E-state index in [1.54, 1.807) is 31.5 Å². The zero-order valence-electron chi connectivity index (χ0n) is 16.3. The first kappa shape index (κ1) is 20.6. The number of rotatable bonds is 7. The lowest BCUT2D eigenvalue weighted by Crippen LogP contribution is -2.06. The summed E-state index contributed by atoms with van der Waals surface area (Å²) in [6.45, 7) is 4.51. The van der Waals surface area contributed by atoms with Gasteiger partial charge in [-0.05, 0) is 65.7 Å². The predicted octanol–water partition coefficient (Wildman–Crippen LogP) is 4.46. The van der Waals surface area contributed by atoms with Crippen LogP contribution >= 0.6 is 15.9 Å². The maximum Gasteiger partial charge on any atom is 0.337 e. The molecule has 0 fully saturated rings. The SMILES string of the molecule is COc1ccc(/C=N\Nc2ccccc2C(=O)O)cc1Cn1nc(C)c(Br)c1C. The number of anilines is 1. The van der Waals surface area contributed by atoms with Crippen LogP contribution in [0.4, 0.5) is 5.69 Å². The van der Waals surface area contributed by atoms with E-state index in [9.17, 15) is 9.90 Å². The van der Waals surface area contributed by atoms with Crippen LogP contribution in [0.1, 0.15) is 32.9 Å². The number of benzene rings is 2. The summed E-state index contributed by atoms with van der Waals surface area (Å²) in [5.41, 5.74) is 7.16. The molecular formula is C21H21BrN4O3. The molecule has 150 valence electrons. The number of halogens is 1. The van der Waals surface area contributed by atoms with E-state index in [2.05, 4.69) is 31.6 Å². The van der Waals surface area contributed by atoms with Crippen LogP contribution in [-0.4, -0.2) is 34.2 Å². The fourth-order valence-corrected chi connectivity index (χ4v) is 3.22. The summed E-state index contributed by atoms with van der Waals surface area (Å²) >= 11 is 3.55. The van der Waals surface area contributed by atoms with E-state index in [-0.39, 0.29) is 5.56 Å². The number of aryl methyl sites for hydroxylation is 1. The Labute approximate surface area is 177 Å². The summed E-state index contributed by atoms with van der Waals surface area (Å²) in [5, 5.41) is 18.0. The highest BCUT2D eigenvalue weighted by Gasteiger charge is 2.12. The lowest BCUT2D eigenvalue weighted by Gasteiger charge is -2.11. The van der Waals surface area contributed by atoms with Crippen LogP contribution in [0.5, 0.6) is 5.75 Å². The number of hydrogen-bond acceptors (Lipinski definition) is 5. The van der Waals surface area contributed by atoms with Crippen molar-refractivity contribution in [3.05, 3.63) is 75.0 Å². The topological polar surface area (TPSA) is 88.7 Å². The minimum atomic E-state index is -1.01. The Kier molecular flexibility index (Phi) is 6.33. The molecule has 0 spiro atoms. The number of ether oxygens (including phenoxy) is 1. The second-order valence-electron chi connectivity index (χ2n) is 6.43. The Morgan fingerprint density at radius 2 is 2.07 bits per heavy atom. The molecule has 3 aromatic rings. The molecule has 3 rings (SSSR count). The van der Waals surface area contributed by atoms with Crippen molar-refractivity contribution in [2.75, 3.05) is 12.5 Å². The first-order chi connectivity index (χ1) is 13.9. The molecule has 0 saturated heterocycles. The number of hydrazone groups is 1. The monoisotopic (exact) mass is 456 g/mol. The first-order valence-corrected chi connectivity index (χ1v) is 9.67. The Hall–Kier alpha value is -3.13. The molecule has 29 heavy (non-hydrogen) atoms. The van der Waals surface area contributed by atoms with E-state index in [1.807, 2.05) is 36.7 Å². The third-order valence-electron chi connectivity index (χ3n) is 4.47.